The smallest absolute Gasteiger partial charge is 0.256 e. The lowest BCUT2D eigenvalue weighted by Crippen LogP contribution is -2.30. The van der Waals surface area contributed by atoms with Gasteiger partial charge in [-0.05, 0) is 17.7 Å². The van der Waals surface area contributed by atoms with Gasteiger partial charge in [0.05, 0.1) is 23.5 Å². The second-order valence-corrected chi connectivity index (χ2v) is 4.60. The van der Waals surface area contributed by atoms with Crippen molar-refractivity contribution < 1.29 is 4.79 Å². The van der Waals surface area contributed by atoms with Crippen LogP contribution in [0.3, 0.4) is 0 Å². The number of benzene rings is 2. The van der Waals surface area contributed by atoms with E-state index in [9.17, 15) is 4.79 Å². The van der Waals surface area contributed by atoms with Crippen molar-refractivity contribution in [3.05, 3.63) is 65.7 Å². The van der Waals surface area contributed by atoms with E-state index in [-0.39, 0.29) is 5.91 Å². The fraction of sp³-hybridized carbons (Fsp3) is 0.125. The number of rotatable bonds is 1. The van der Waals surface area contributed by atoms with E-state index >= 15 is 0 Å². The molecule has 0 unspecified atom stereocenters. The number of para-hydroxylation sites is 1. The second-order valence-electron chi connectivity index (χ2n) is 4.60. The monoisotopic (exact) mass is 250 g/mol. The Balaban J connectivity index is 2.14. The Labute approximate surface area is 112 Å². The average Bonchev–Trinajstić information content (AvgIpc) is 2.58. The van der Waals surface area contributed by atoms with Crippen LogP contribution in [-0.2, 0) is 0 Å². The Morgan fingerprint density at radius 3 is 2.47 bits per heavy atom. The van der Waals surface area contributed by atoms with Crippen LogP contribution in [0, 0.1) is 0 Å². The maximum Gasteiger partial charge on any atom is 0.256 e. The van der Waals surface area contributed by atoms with Crippen LogP contribution in [0.2, 0.25) is 0 Å². The van der Waals surface area contributed by atoms with Crippen LogP contribution in [0.5, 0.6) is 0 Å². The number of fused-ring (bicyclic) bond motifs is 1. The van der Waals surface area contributed by atoms with Crippen molar-refractivity contribution >= 4 is 17.3 Å². The van der Waals surface area contributed by atoms with E-state index in [4.69, 9.17) is 0 Å². The van der Waals surface area contributed by atoms with Gasteiger partial charge in [0.1, 0.15) is 0 Å². The Morgan fingerprint density at radius 1 is 1.00 bits per heavy atom. The molecule has 2 aromatic rings. The van der Waals surface area contributed by atoms with Crippen LogP contribution in [0.1, 0.15) is 15.9 Å². The summed E-state index contributed by atoms with van der Waals surface area (Å²) < 4.78 is 0. The molecule has 3 rings (SSSR count). The normalized spacial score (nSPS) is 14.7. The molecule has 1 amide bonds. The highest BCUT2D eigenvalue weighted by atomic mass is 16.2. The number of hydrogen-bond donors (Lipinski definition) is 0. The molecule has 0 spiro atoms. The van der Waals surface area contributed by atoms with Gasteiger partial charge in [0.25, 0.3) is 5.91 Å². The molecule has 0 saturated carbocycles. The lowest BCUT2D eigenvalue weighted by molar-refractivity contribution is 0.0817. The number of carbonyl (C=O) groups excluding carboxylic acids is 1. The number of hydrogen-bond acceptors (Lipinski definition) is 2. The first kappa shape index (κ1) is 11.7. The van der Waals surface area contributed by atoms with E-state index in [0.717, 1.165) is 17.0 Å². The van der Waals surface area contributed by atoms with Gasteiger partial charge in [0, 0.05) is 7.05 Å². The summed E-state index contributed by atoms with van der Waals surface area (Å²) in [6.07, 6.45) is 0. The Morgan fingerprint density at radius 2 is 1.68 bits per heavy atom. The van der Waals surface area contributed by atoms with E-state index in [0.29, 0.717) is 12.1 Å². The van der Waals surface area contributed by atoms with E-state index < -0.39 is 0 Å². The molecule has 0 saturated heterocycles. The van der Waals surface area contributed by atoms with Gasteiger partial charge in [0.15, 0.2) is 0 Å². The molecule has 3 heteroatoms. The molecule has 19 heavy (non-hydrogen) atoms. The zero-order chi connectivity index (χ0) is 13.2. The number of likely N-dealkylation sites (N-methyl/N-ethyl adjacent to an activating group) is 1. The van der Waals surface area contributed by atoms with Crippen LogP contribution in [0.25, 0.3) is 0 Å². The molecule has 1 aliphatic heterocycles. The summed E-state index contributed by atoms with van der Waals surface area (Å²) in [6, 6.07) is 17.5. The first-order valence-electron chi connectivity index (χ1n) is 6.23. The SMILES string of the molecule is CN1CC(c2ccccc2)=Nc2ccccc2C1=O. The van der Waals surface area contributed by atoms with Gasteiger partial charge in [0.2, 0.25) is 0 Å². The lowest BCUT2D eigenvalue weighted by Gasteiger charge is -2.15. The minimum Gasteiger partial charge on any atom is -0.336 e. The van der Waals surface area contributed by atoms with Crippen molar-refractivity contribution in [1.82, 2.24) is 4.90 Å². The molecule has 1 aliphatic rings. The standard InChI is InChI=1S/C16H14N2O/c1-18-11-15(12-7-3-2-4-8-12)17-14-10-6-5-9-13(14)16(18)19/h2-10H,11H2,1H3. The maximum atomic E-state index is 12.3. The summed E-state index contributed by atoms with van der Waals surface area (Å²) in [5.74, 6) is 0.0188. The highest BCUT2D eigenvalue weighted by Gasteiger charge is 2.21. The highest BCUT2D eigenvalue weighted by Crippen LogP contribution is 2.24. The van der Waals surface area contributed by atoms with Crippen molar-refractivity contribution in [2.24, 2.45) is 4.99 Å². The summed E-state index contributed by atoms with van der Waals surface area (Å²) in [5.41, 5.74) is 3.38. The minimum atomic E-state index is 0.0188. The molecule has 0 N–H and O–H groups in total. The summed E-state index contributed by atoms with van der Waals surface area (Å²) >= 11 is 0. The summed E-state index contributed by atoms with van der Waals surface area (Å²) in [5, 5.41) is 0. The van der Waals surface area contributed by atoms with Crippen molar-refractivity contribution in [2.45, 2.75) is 0 Å². The number of nitrogens with zero attached hydrogens (tertiary/aromatic N) is 2. The first-order valence-corrected chi connectivity index (χ1v) is 6.23. The van der Waals surface area contributed by atoms with Crippen molar-refractivity contribution in [2.75, 3.05) is 13.6 Å². The molecular weight excluding hydrogens is 236 g/mol. The molecule has 0 atom stereocenters. The zero-order valence-electron chi connectivity index (χ0n) is 10.7. The third-order valence-electron chi connectivity index (χ3n) is 3.23. The Hall–Kier alpha value is -2.42. The summed E-state index contributed by atoms with van der Waals surface area (Å²) in [4.78, 5) is 18.6. The van der Waals surface area contributed by atoms with Gasteiger partial charge in [-0.1, -0.05) is 42.5 Å². The summed E-state index contributed by atoms with van der Waals surface area (Å²) in [6.45, 7) is 0.525. The van der Waals surface area contributed by atoms with Crippen LogP contribution in [0.4, 0.5) is 5.69 Å². The van der Waals surface area contributed by atoms with Gasteiger partial charge >= 0.3 is 0 Å². The molecule has 0 bridgehead atoms. The van der Waals surface area contributed by atoms with Crippen LogP contribution in [-0.4, -0.2) is 30.1 Å². The quantitative estimate of drug-likeness (QED) is 0.766. The fourth-order valence-corrected chi connectivity index (χ4v) is 2.22. The zero-order valence-corrected chi connectivity index (χ0v) is 10.7. The van der Waals surface area contributed by atoms with Crippen molar-refractivity contribution in [1.29, 1.82) is 0 Å². The molecule has 1 heterocycles. The molecular formula is C16H14N2O. The van der Waals surface area contributed by atoms with Gasteiger partial charge in [-0.15, -0.1) is 0 Å². The van der Waals surface area contributed by atoms with E-state index in [2.05, 4.69) is 4.99 Å². The van der Waals surface area contributed by atoms with E-state index in [1.54, 1.807) is 4.90 Å². The molecule has 2 aromatic carbocycles. The molecule has 0 aliphatic carbocycles. The minimum absolute atomic E-state index is 0.0188. The van der Waals surface area contributed by atoms with Crippen LogP contribution < -0.4 is 0 Å². The summed E-state index contributed by atoms with van der Waals surface area (Å²) in [7, 11) is 1.81. The fourth-order valence-electron chi connectivity index (χ4n) is 2.22. The predicted octanol–water partition coefficient (Wildman–Crippen LogP) is 2.89. The Bertz CT molecular complexity index is 647. The maximum absolute atomic E-state index is 12.3. The molecule has 94 valence electrons. The van der Waals surface area contributed by atoms with Crippen LogP contribution >= 0.6 is 0 Å². The van der Waals surface area contributed by atoms with Gasteiger partial charge in [-0.3, -0.25) is 9.79 Å². The Kier molecular flexibility index (Phi) is 2.88. The van der Waals surface area contributed by atoms with Gasteiger partial charge in [-0.2, -0.15) is 0 Å². The number of carbonyl (C=O) groups is 1. The van der Waals surface area contributed by atoms with Gasteiger partial charge in [-0.25, -0.2) is 0 Å². The molecule has 3 nitrogen and oxygen atoms in total. The third kappa shape index (κ3) is 2.15. The topological polar surface area (TPSA) is 32.7 Å². The number of aliphatic imine (C=N–C) groups is 1. The molecule has 0 radical (unpaired) electrons. The molecule has 0 fully saturated rings. The van der Waals surface area contributed by atoms with Crippen molar-refractivity contribution in [3.63, 3.8) is 0 Å². The third-order valence-corrected chi connectivity index (χ3v) is 3.23. The number of amides is 1. The van der Waals surface area contributed by atoms with Gasteiger partial charge < -0.3 is 4.90 Å². The van der Waals surface area contributed by atoms with Crippen LogP contribution in [0.15, 0.2) is 59.6 Å². The second kappa shape index (κ2) is 4.69. The lowest BCUT2D eigenvalue weighted by atomic mass is 10.1. The largest absolute Gasteiger partial charge is 0.336 e. The van der Waals surface area contributed by atoms with E-state index in [1.165, 1.54) is 0 Å². The average molecular weight is 250 g/mol. The highest BCUT2D eigenvalue weighted by molar-refractivity contribution is 6.10. The molecule has 0 aromatic heterocycles. The van der Waals surface area contributed by atoms with Crippen molar-refractivity contribution in [3.8, 4) is 0 Å². The first-order chi connectivity index (χ1) is 9.25. The predicted molar refractivity (Wildman–Crippen MR) is 76.0 cm³/mol. The van der Waals surface area contributed by atoms with E-state index in [1.807, 2.05) is 61.6 Å².